The molecule has 3 N–H and O–H groups in total. The number of primary amides is 1. The van der Waals surface area contributed by atoms with Crippen LogP contribution in [0.3, 0.4) is 0 Å². The summed E-state index contributed by atoms with van der Waals surface area (Å²) in [5.41, 5.74) is 7.53. The molecule has 1 fully saturated rings. The molecule has 1 saturated heterocycles. The lowest BCUT2D eigenvalue weighted by molar-refractivity contribution is -0.125. The molecule has 0 spiro atoms. The Hall–Kier alpha value is -0.650. The maximum atomic E-state index is 10.3. The average Bonchev–Trinajstić information content (AvgIpc) is 2.55. The Morgan fingerprint density at radius 1 is 1.69 bits per heavy atom. The number of carbonyl (C=O) groups is 1. The fraction of sp³-hybridized carbons (Fsp3) is 0.875. The lowest BCUT2D eigenvalue weighted by Gasteiger charge is -2.09. The molecule has 1 unspecified atom stereocenters. The van der Waals surface area contributed by atoms with Crippen LogP contribution < -0.4 is 11.2 Å². The number of nitrogens with one attached hydrogen (secondary N) is 1. The SMILES string of the molecule is NC(=O)CONCCC1CCCO1. The van der Waals surface area contributed by atoms with Crippen molar-refractivity contribution in [3.63, 3.8) is 0 Å². The number of amides is 1. The van der Waals surface area contributed by atoms with E-state index in [1.165, 1.54) is 0 Å². The molecule has 0 aromatic carbocycles. The van der Waals surface area contributed by atoms with Gasteiger partial charge in [-0.15, -0.1) is 0 Å². The number of hydroxylamine groups is 1. The van der Waals surface area contributed by atoms with Crippen LogP contribution in [0.2, 0.25) is 0 Å². The zero-order valence-electron chi connectivity index (χ0n) is 7.62. The number of rotatable bonds is 6. The van der Waals surface area contributed by atoms with Crippen molar-refractivity contribution in [2.24, 2.45) is 5.73 Å². The van der Waals surface area contributed by atoms with Gasteiger partial charge in [0.1, 0.15) is 6.61 Å². The molecule has 1 aliphatic rings. The summed E-state index contributed by atoms with van der Waals surface area (Å²) >= 11 is 0. The molecule has 5 nitrogen and oxygen atoms in total. The first kappa shape index (κ1) is 10.4. The standard InChI is InChI=1S/C8H16N2O3/c9-8(11)6-13-10-4-3-7-2-1-5-12-7/h7,10H,1-6H2,(H2,9,11). The van der Waals surface area contributed by atoms with E-state index in [4.69, 9.17) is 15.3 Å². The third-order valence-corrected chi connectivity index (χ3v) is 1.91. The lowest BCUT2D eigenvalue weighted by Crippen LogP contribution is -2.26. The maximum absolute atomic E-state index is 10.3. The second-order valence-corrected chi connectivity index (χ2v) is 3.07. The van der Waals surface area contributed by atoms with Crippen LogP contribution in [0.4, 0.5) is 0 Å². The van der Waals surface area contributed by atoms with Gasteiger partial charge in [-0.3, -0.25) is 9.63 Å². The van der Waals surface area contributed by atoms with E-state index >= 15 is 0 Å². The smallest absolute Gasteiger partial charge is 0.245 e. The Morgan fingerprint density at radius 3 is 3.15 bits per heavy atom. The predicted molar refractivity (Wildman–Crippen MR) is 46.7 cm³/mol. The molecule has 1 atom stereocenters. The third kappa shape index (κ3) is 4.82. The molecule has 0 saturated carbocycles. The number of nitrogens with two attached hydrogens (primary N) is 1. The number of ether oxygens (including phenoxy) is 1. The van der Waals surface area contributed by atoms with Crippen LogP contribution in [0.1, 0.15) is 19.3 Å². The first-order chi connectivity index (χ1) is 6.29. The van der Waals surface area contributed by atoms with E-state index in [0.717, 1.165) is 25.9 Å². The van der Waals surface area contributed by atoms with Crippen LogP contribution in [-0.2, 0) is 14.4 Å². The number of carbonyl (C=O) groups excluding carboxylic acids is 1. The van der Waals surface area contributed by atoms with E-state index in [2.05, 4.69) is 5.48 Å². The second kappa shape index (κ2) is 5.90. The Bertz CT molecular complexity index is 157. The summed E-state index contributed by atoms with van der Waals surface area (Å²) in [5.74, 6) is -0.468. The topological polar surface area (TPSA) is 73.6 Å². The zero-order chi connectivity index (χ0) is 9.52. The van der Waals surface area contributed by atoms with Gasteiger partial charge in [-0.05, 0) is 19.3 Å². The summed E-state index contributed by atoms with van der Waals surface area (Å²) in [6.45, 7) is 1.48. The highest BCUT2D eigenvalue weighted by molar-refractivity contribution is 5.74. The van der Waals surface area contributed by atoms with Gasteiger partial charge in [-0.25, -0.2) is 5.48 Å². The van der Waals surface area contributed by atoms with E-state index in [9.17, 15) is 4.79 Å². The largest absolute Gasteiger partial charge is 0.378 e. The Balaban J connectivity index is 1.86. The highest BCUT2D eigenvalue weighted by Crippen LogP contribution is 2.14. The Labute approximate surface area is 77.5 Å². The van der Waals surface area contributed by atoms with Crippen LogP contribution in [0.15, 0.2) is 0 Å². The summed E-state index contributed by atoms with van der Waals surface area (Å²) in [5, 5.41) is 0. The van der Waals surface area contributed by atoms with Crippen LogP contribution in [0, 0.1) is 0 Å². The first-order valence-corrected chi connectivity index (χ1v) is 4.53. The van der Waals surface area contributed by atoms with Gasteiger partial charge in [0.05, 0.1) is 6.10 Å². The molecular formula is C8H16N2O3. The van der Waals surface area contributed by atoms with Crippen LogP contribution in [0.25, 0.3) is 0 Å². The van der Waals surface area contributed by atoms with E-state index in [1.807, 2.05) is 0 Å². The molecule has 5 heteroatoms. The minimum absolute atomic E-state index is 0.0779. The van der Waals surface area contributed by atoms with E-state index in [1.54, 1.807) is 0 Å². The lowest BCUT2D eigenvalue weighted by atomic mass is 10.2. The molecule has 0 aromatic rings. The van der Waals surface area contributed by atoms with Gasteiger partial charge in [0, 0.05) is 13.2 Å². The first-order valence-electron chi connectivity index (χ1n) is 4.53. The monoisotopic (exact) mass is 188 g/mol. The van der Waals surface area contributed by atoms with Crippen molar-refractivity contribution in [1.82, 2.24) is 5.48 Å². The van der Waals surface area contributed by atoms with Crippen LogP contribution >= 0.6 is 0 Å². The average molecular weight is 188 g/mol. The van der Waals surface area contributed by atoms with Crippen molar-refractivity contribution in [3.8, 4) is 0 Å². The van der Waals surface area contributed by atoms with Gasteiger partial charge in [0.25, 0.3) is 0 Å². The molecule has 0 radical (unpaired) electrons. The summed E-state index contributed by atoms with van der Waals surface area (Å²) in [7, 11) is 0. The van der Waals surface area contributed by atoms with Crippen molar-refractivity contribution in [3.05, 3.63) is 0 Å². The second-order valence-electron chi connectivity index (χ2n) is 3.07. The normalized spacial score (nSPS) is 22.0. The number of hydrogen-bond donors (Lipinski definition) is 2. The van der Waals surface area contributed by atoms with Crippen molar-refractivity contribution >= 4 is 5.91 Å². The van der Waals surface area contributed by atoms with Gasteiger partial charge in [0.2, 0.25) is 5.91 Å². The summed E-state index contributed by atoms with van der Waals surface area (Å²) < 4.78 is 5.39. The van der Waals surface area contributed by atoms with Crippen molar-refractivity contribution in [1.29, 1.82) is 0 Å². The molecule has 13 heavy (non-hydrogen) atoms. The van der Waals surface area contributed by atoms with Crippen molar-refractivity contribution in [2.45, 2.75) is 25.4 Å². The minimum atomic E-state index is -0.468. The van der Waals surface area contributed by atoms with E-state index in [-0.39, 0.29) is 6.61 Å². The van der Waals surface area contributed by atoms with Crippen LogP contribution in [0.5, 0.6) is 0 Å². The molecule has 1 rings (SSSR count). The van der Waals surface area contributed by atoms with E-state index in [0.29, 0.717) is 12.6 Å². The quantitative estimate of drug-likeness (QED) is 0.438. The molecule has 0 bridgehead atoms. The van der Waals surface area contributed by atoms with Gasteiger partial charge in [-0.1, -0.05) is 0 Å². The van der Waals surface area contributed by atoms with Crippen LogP contribution in [-0.4, -0.2) is 31.8 Å². The summed E-state index contributed by atoms with van der Waals surface area (Å²) in [4.78, 5) is 15.0. The summed E-state index contributed by atoms with van der Waals surface area (Å²) in [6.07, 6.45) is 3.54. The van der Waals surface area contributed by atoms with E-state index < -0.39 is 5.91 Å². The molecular weight excluding hydrogens is 172 g/mol. The fourth-order valence-corrected chi connectivity index (χ4v) is 1.29. The molecule has 0 aliphatic carbocycles. The molecule has 0 aromatic heterocycles. The van der Waals surface area contributed by atoms with Gasteiger partial charge in [0.15, 0.2) is 0 Å². The van der Waals surface area contributed by atoms with Gasteiger partial charge < -0.3 is 10.5 Å². The Morgan fingerprint density at radius 2 is 2.54 bits per heavy atom. The molecule has 1 aliphatic heterocycles. The molecule has 76 valence electrons. The van der Waals surface area contributed by atoms with Gasteiger partial charge in [-0.2, -0.15) is 0 Å². The zero-order valence-corrected chi connectivity index (χ0v) is 7.62. The molecule has 1 amide bonds. The minimum Gasteiger partial charge on any atom is -0.378 e. The fourth-order valence-electron chi connectivity index (χ4n) is 1.29. The Kier molecular flexibility index (Phi) is 4.74. The highest BCUT2D eigenvalue weighted by atomic mass is 16.6. The van der Waals surface area contributed by atoms with Crippen molar-refractivity contribution in [2.75, 3.05) is 19.8 Å². The third-order valence-electron chi connectivity index (χ3n) is 1.91. The summed E-state index contributed by atoms with van der Waals surface area (Å²) in [6, 6.07) is 0. The van der Waals surface area contributed by atoms with Gasteiger partial charge >= 0.3 is 0 Å². The highest BCUT2D eigenvalue weighted by Gasteiger charge is 2.14. The van der Waals surface area contributed by atoms with Crippen molar-refractivity contribution < 1.29 is 14.4 Å². The predicted octanol–water partition coefficient (Wildman–Crippen LogP) is -0.438. The molecule has 1 heterocycles. The number of hydrogen-bond acceptors (Lipinski definition) is 4. The maximum Gasteiger partial charge on any atom is 0.245 e.